The van der Waals surface area contributed by atoms with E-state index >= 15 is 0 Å². The summed E-state index contributed by atoms with van der Waals surface area (Å²) in [5.41, 5.74) is 4.23. The van der Waals surface area contributed by atoms with E-state index in [2.05, 4.69) is 23.8 Å². The van der Waals surface area contributed by atoms with Crippen LogP contribution in [0.15, 0.2) is 71.6 Å². The van der Waals surface area contributed by atoms with Crippen molar-refractivity contribution in [2.45, 2.75) is 48.8 Å². The third kappa shape index (κ3) is 3.53. The van der Waals surface area contributed by atoms with Gasteiger partial charge in [-0.3, -0.25) is 9.52 Å². The Hall–Kier alpha value is -3.12. The molecule has 1 saturated carbocycles. The number of benzene rings is 3. The molecule has 1 atom stereocenters. The molecule has 33 heavy (non-hydrogen) atoms. The molecule has 6 heteroatoms. The molecular weight excluding hydrogens is 434 g/mol. The number of ketones is 1. The minimum absolute atomic E-state index is 0.0266. The van der Waals surface area contributed by atoms with Crippen molar-refractivity contribution in [3.63, 3.8) is 0 Å². The molecule has 1 unspecified atom stereocenters. The molecule has 1 N–H and O–H groups in total. The zero-order valence-corrected chi connectivity index (χ0v) is 19.6. The summed E-state index contributed by atoms with van der Waals surface area (Å²) in [5.74, 6) is 0.573. The van der Waals surface area contributed by atoms with Gasteiger partial charge in [-0.2, -0.15) is 0 Å². The Morgan fingerprint density at radius 3 is 2.36 bits per heavy atom. The number of anilines is 1. The number of sulfonamides is 1. The van der Waals surface area contributed by atoms with Crippen LogP contribution in [0.4, 0.5) is 5.69 Å². The van der Waals surface area contributed by atoms with Crippen molar-refractivity contribution in [3.8, 4) is 5.75 Å². The van der Waals surface area contributed by atoms with Crippen LogP contribution in [0.25, 0.3) is 0 Å². The number of fused-ring (bicyclic) bond motifs is 2. The topological polar surface area (TPSA) is 72.5 Å². The van der Waals surface area contributed by atoms with E-state index in [0.29, 0.717) is 12.1 Å². The van der Waals surface area contributed by atoms with E-state index in [0.717, 1.165) is 41.5 Å². The molecule has 5 rings (SSSR count). The fourth-order valence-corrected chi connectivity index (χ4v) is 6.51. The van der Waals surface area contributed by atoms with Crippen LogP contribution in [-0.4, -0.2) is 21.3 Å². The Morgan fingerprint density at radius 2 is 1.70 bits per heavy atom. The summed E-state index contributed by atoms with van der Waals surface area (Å²) in [6.07, 6.45) is 3.11. The molecule has 2 aliphatic carbocycles. The molecule has 0 aliphatic heterocycles. The van der Waals surface area contributed by atoms with E-state index in [4.69, 9.17) is 4.74 Å². The van der Waals surface area contributed by atoms with Crippen molar-refractivity contribution < 1.29 is 17.9 Å². The summed E-state index contributed by atoms with van der Waals surface area (Å²) < 4.78 is 34.6. The molecule has 0 amide bonds. The average molecular weight is 462 g/mol. The maximum absolute atomic E-state index is 13.3. The van der Waals surface area contributed by atoms with Crippen LogP contribution in [0.2, 0.25) is 0 Å². The predicted molar refractivity (Wildman–Crippen MR) is 128 cm³/mol. The normalized spacial score (nSPS) is 17.3. The van der Waals surface area contributed by atoms with Gasteiger partial charge in [-0.05, 0) is 59.4 Å². The molecule has 1 spiro atoms. The van der Waals surface area contributed by atoms with Crippen molar-refractivity contribution in [1.29, 1.82) is 0 Å². The number of methoxy groups -OCH3 is 1. The summed E-state index contributed by atoms with van der Waals surface area (Å²) >= 11 is 0. The summed E-state index contributed by atoms with van der Waals surface area (Å²) in [5, 5.41) is 0. The van der Waals surface area contributed by atoms with Gasteiger partial charge >= 0.3 is 0 Å². The Kier molecular flexibility index (Phi) is 5.28. The molecular formula is C27H27NO4S. The summed E-state index contributed by atoms with van der Waals surface area (Å²) in [4.78, 5) is 13.2. The highest BCUT2D eigenvalue weighted by molar-refractivity contribution is 7.92. The van der Waals surface area contributed by atoms with Gasteiger partial charge in [-0.25, -0.2) is 8.42 Å². The number of hydrogen-bond acceptors (Lipinski definition) is 4. The minimum atomic E-state index is -3.88. The summed E-state index contributed by atoms with van der Waals surface area (Å²) in [7, 11) is -2.43. The van der Waals surface area contributed by atoms with Crippen LogP contribution in [0.5, 0.6) is 5.75 Å². The third-order valence-electron chi connectivity index (χ3n) is 7.26. The Bertz CT molecular complexity index is 1330. The van der Waals surface area contributed by atoms with E-state index in [-0.39, 0.29) is 22.3 Å². The highest BCUT2D eigenvalue weighted by Gasteiger charge is 2.51. The predicted octanol–water partition coefficient (Wildman–Crippen LogP) is 5.19. The van der Waals surface area contributed by atoms with Crippen molar-refractivity contribution in [3.05, 3.63) is 89.0 Å². The fourth-order valence-electron chi connectivity index (χ4n) is 5.29. The Morgan fingerprint density at radius 1 is 1.00 bits per heavy atom. The molecule has 1 fully saturated rings. The highest BCUT2D eigenvalue weighted by Crippen LogP contribution is 2.53. The van der Waals surface area contributed by atoms with Gasteiger partial charge in [0.1, 0.15) is 16.4 Å². The molecule has 0 saturated heterocycles. The molecule has 170 valence electrons. The number of para-hydroxylation sites is 1. The van der Waals surface area contributed by atoms with Gasteiger partial charge < -0.3 is 4.74 Å². The molecule has 2 aliphatic rings. The van der Waals surface area contributed by atoms with Crippen molar-refractivity contribution >= 4 is 21.5 Å². The van der Waals surface area contributed by atoms with Gasteiger partial charge in [-0.1, -0.05) is 55.8 Å². The maximum Gasteiger partial charge on any atom is 0.265 e. The number of hydrogen-bond donors (Lipinski definition) is 1. The lowest BCUT2D eigenvalue weighted by Crippen LogP contribution is -2.39. The Labute approximate surface area is 194 Å². The van der Waals surface area contributed by atoms with E-state index in [9.17, 15) is 13.2 Å². The average Bonchev–Trinajstić information content (AvgIpc) is 3.10. The SMILES string of the molecule is COc1ccccc1S(=O)(=O)Nc1cc(C(C)c2ccccc2)c2c(c1)C1(CCC1)C(=O)C2. The van der Waals surface area contributed by atoms with Crippen molar-refractivity contribution in [1.82, 2.24) is 0 Å². The van der Waals surface area contributed by atoms with Gasteiger partial charge in [0.2, 0.25) is 0 Å². The summed E-state index contributed by atoms with van der Waals surface area (Å²) in [6.45, 7) is 2.11. The lowest BCUT2D eigenvalue weighted by molar-refractivity contribution is -0.125. The van der Waals surface area contributed by atoms with Gasteiger partial charge in [0, 0.05) is 18.0 Å². The van der Waals surface area contributed by atoms with Gasteiger partial charge in [0.25, 0.3) is 10.0 Å². The third-order valence-corrected chi connectivity index (χ3v) is 8.68. The van der Waals surface area contributed by atoms with Gasteiger partial charge in [-0.15, -0.1) is 0 Å². The number of nitrogens with one attached hydrogen (secondary N) is 1. The zero-order valence-electron chi connectivity index (χ0n) is 18.8. The second-order valence-electron chi connectivity index (χ2n) is 9.02. The molecule has 0 bridgehead atoms. The largest absolute Gasteiger partial charge is 0.495 e. The minimum Gasteiger partial charge on any atom is -0.495 e. The van der Waals surface area contributed by atoms with Gasteiger partial charge in [0.15, 0.2) is 0 Å². The molecule has 5 nitrogen and oxygen atoms in total. The first-order chi connectivity index (χ1) is 15.9. The second kappa shape index (κ2) is 8.03. The van der Waals surface area contributed by atoms with Crippen LogP contribution in [0, 0.1) is 0 Å². The lowest BCUT2D eigenvalue weighted by atomic mass is 9.64. The number of ether oxygens (including phenoxy) is 1. The van der Waals surface area contributed by atoms with Crippen LogP contribution >= 0.6 is 0 Å². The van der Waals surface area contributed by atoms with Crippen LogP contribution < -0.4 is 9.46 Å². The van der Waals surface area contributed by atoms with E-state index in [1.165, 1.54) is 13.2 Å². The van der Waals surface area contributed by atoms with E-state index in [1.807, 2.05) is 30.3 Å². The van der Waals surface area contributed by atoms with E-state index in [1.54, 1.807) is 18.2 Å². The first-order valence-electron chi connectivity index (χ1n) is 11.3. The standard InChI is InChI=1S/C27H27NO4S/c1-18(19-9-4-3-5-10-19)21-15-20(16-23-22(21)17-26(29)27(23)13-8-14-27)28-33(30,31)25-12-7-6-11-24(25)32-2/h3-7,9-12,15-16,18,28H,8,13-14,17H2,1-2H3. The number of carbonyl (C=O) groups is 1. The first kappa shape index (κ1) is 21.7. The molecule has 0 aromatic heterocycles. The second-order valence-corrected chi connectivity index (χ2v) is 10.7. The molecule has 3 aromatic carbocycles. The van der Waals surface area contributed by atoms with Crippen molar-refractivity contribution in [2.75, 3.05) is 11.8 Å². The van der Waals surface area contributed by atoms with E-state index < -0.39 is 15.4 Å². The maximum atomic E-state index is 13.3. The van der Waals surface area contributed by atoms with Crippen molar-refractivity contribution in [2.24, 2.45) is 0 Å². The fraction of sp³-hybridized carbons (Fsp3) is 0.296. The van der Waals surface area contributed by atoms with Gasteiger partial charge in [0.05, 0.1) is 12.5 Å². The summed E-state index contributed by atoms with van der Waals surface area (Å²) in [6, 6.07) is 20.5. The zero-order chi connectivity index (χ0) is 23.2. The Balaban J connectivity index is 1.63. The van der Waals surface area contributed by atoms with Crippen LogP contribution in [0.3, 0.4) is 0 Å². The molecule has 0 heterocycles. The number of rotatable bonds is 6. The quantitative estimate of drug-likeness (QED) is 0.548. The smallest absolute Gasteiger partial charge is 0.265 e. The number of Topliss-reactive ketones (excluding diaryl/α,β-unsaturated/α-hetero) is 1. The monoisotopic (exact) mass is 461 g/mol. The molecule has 3 aromatic rings. The highest BCUT2D eigenvalue weighted by atomic mass is 32.2. The molecule has 0 radical (unpaired) electrons. The number of carbonyl (C=O) groups excluding carboxylic acids is 1. The van der Waals surface area contributed by atoms with Crippen LogP contribution in [0.1, 0.15) is 54.4 Å². The lowest BCUT2D eigenvalue weighted by Gasteiger charge is -2.38. The first-order valence-corrected chi connectivity index (χ1v) is 12.8. The van der Waals surface area contributed by atoms with Crippen LogP contribution in [-0.2, 0) is 26.7 Å².